The molecule has 0 fully saturated rings. The van der Waals surface area contributed by atoms with Gasteiger partial charge in [0.15, 0.2) is 0 Å². The van der Waals surface area contributed by atoms with E-state index in [-0.39, 0.29) is 6.03 Å². The van der Waals surface area contributed by atoms with Crippen molar-refractivity contribution in [1.29, 1.82) is 0 Å². The van der Waals surface area contributed by atoms with E-state index in [1.807, 2.05) is 18.2 Å². The zero-order valence-electron chi connectivity index (χ0n) is 8.29. The number of nitrogens with one attached hydrogen (secondary N) is 2. The highest BCUT2D eigenvalue weighted by molar-refractivity contribution is 6.31. The van der Waals surface area contributed by atoms with E-state index in [9.17, 15) is 4.79 Å². The van der Waals surface area contributed by atoms with E-state index in [4.69, 9.17) is 17.3 Å². The molecule has 0 aliphatic heterocycles. The molecule has 0 atom stereocenters. The number of benzene rings is 1. The van der Waals surface area contributed by atoms with E-state index >= 15 is 0 Å². The summed E-state index contributed by atoms with van der Waals surface area (Å²) in [5.41, 5.74) is 6.14. The topological polar surface area (TPSA) is 67.1 Å². The average Bonchev–Trinajstić information content (AvgIpc) is 2.25. The van der Waals surface area contributed by atoms with Gasteiger partial charge in [-0.1, -0.05) is 29.8 Å². The van der Waals surface area contributed by atoms with Crippen LogP contribution in [0.1, 0.15) is 5.56 Å². The van der Waals surface area contributed by atoms with Crippen LogP contribution in [0.2, 0.25) is 5.02 Å². The highest BCUT2D eigenvalue weighted by Gasteiger charge is 2.01. The summed E-state index contributed by atoms with van der Waals surface area (Å²) in [7, 11) is 0. The summed E-state index contributed by atoms with van der Waals surface area (Å²) in [6.45, 7) is 1.31. The molecule has 0 unspecified atom stereocenters. The van der Waals surface area contributed by atoms with Gasteiger partial charge in [0.25, 0.3) is 0 Å². The van der Waals surface area contributed by atoms with Crippen LogP contribution in [-0.2, 0) is 6.54 Å². The molecule has 0 spiro atoms. The molecule has 0 aliphatic rings. The number of carbonyl (C=O) groups excluding carboxylic acids is 1. The summed E-state index contributed by atoms with van der Waals surface area (Å²) < 4.78 is 0. The second-order valence-electron chi connectivity index (χ2n) is 2.99. The predicted molar refractivity (Wildman–Crippen MR) is 60.7 cm³/mol. The van der Waals surface area contributed by atoms with Gasteiger partial charge in [-0.05, 0) is 11.6 Å². The van der Waals surface area contributed by atoms with Crippen molar-refractivity contribution in [3.63, 3.8) is 0 Å². The van der Waals surface area contributed by atoms with Gasteiger partial charge in [-0.2, -0.15) is 0 Å². The fourth-order valence-electron chi connectivity index (χ4n) is 1.07. The minimum absolute atomic E-state index is 0.236. The van der Waals surface area contributed by atoms with Crippen molar-refractivity contribution in [3.05, 3.63) is 34.9 Å². The van der Waals surface area contributed by atoms with Crippen LogP contribution in [0.25, 0.3) is 0 Å². The van der Waals surface area contributed by atoms with E-state index in [0.717, 1.165) is 5.56 Å². The van der Waals surface area contributed by atoms with Crippen molar-refractivity contribution >= 4 is 17.6 Å². The molecule has 5 heteroatoms. The number of carbonyl (C=O) groups is 1. The third kappa shape index (κ3) is 4.18. The highest BCUT2D eigenvalue weighted by atomic mass is 35.5. The summed E-state index contributed by atoms with van der Waals surface area (Å²) in [6.07, 6.45) is 0. The maximum atomic E-state index is 11.2. The second-order valence-corrected chi connectivity index (χ2v) is 3.40. The van der Waals surface area contributed by atoms with Gasteiger partial charge in [0.05, 0.1) is 0 Å². The molecule has 1 aromatic rings. The molecule has 0 aromatic heterocycles. The van der Waals surface area contributed by atoms with Gasteiger partial charge in [-0.25, -0.2) is 4.79 Å². The fraction of sp³-hybridized carbons (Fsp3) is 0.300. The zero-order chi connectivity index (χ0) is 11.1. The lowest BCUT2D eigenvalue weighted by Gasteiger charge is -2.07. The maximum absolute atomic E-state index is 11.2. The zero-order valence-corrected chi connectivity index (χ0v) is 9.05. The van der Waals surface area contributed by atoms with Crippen molar-refractivity contribution in [2.24, 2.45) is 5.73 Å². The molecule has 15 heavy (non-hydrogen) atoms. The summed E-state index contributed by atoms with van der Waals surface area (Å²) >= 11 is 5.92. The Balaban J connectivity index is 2.37. The van der Waals surface area contributed by atoms with Crippen LogP contribution < -0.4 is 16.4 Å². The Kier molecular flexibility index (Phi) is 4.93. The van der Waals surface area contributed by atoms with Crippen LogP contribution >= 0.6 is 11.6 Å². The molecule has 1 rings (SSSR count). The van der Waals surface area contributed by atoms with Gasteiger partial charge >= 0.3 is 6.03 Å². The lowest BCUT2D eigenvalue weighted by Crippen LogP contribution is -2.37. The smallest absolute Gasteiger partial charge is 0.315 e. The Labute approximate surface area is 93.8 Å². The molecule has 0 saturated carbocycles. The Morgan fingerprint density at radius 1 is 1.33 bits per heavy atom. The number of urea groups is 1. The molecule has 82 valence electrons. The number of hydrogen-bond donors (Lipinski definition) is 3. The maximum Gasteiger partial charge on any atom is 0.315 e. The van der Waals surface area contributed by atoms with Crippen molar-refractivity contribution in [2.75, 3.05) is 13.1 Å². The minimum atomic E-state index is -0.236. The van der Waals surface area contributed by atoms with Crippen LogP contribution in [0, 0.1) is 0 Å². The van der Waals surface area contributed by atoms with Gasteiger partial charge < -0.3 is 16.4 Å². The third-order valence-electron chi connectivity index (χ3n) is 1.83. The quantitative estimate of drug-likeness (QED) is 0.721. The van der Waals surface area contributed by atoms with Crippen LogP contribution in [0.15, 0.2) is 24.3 Å². The molecule has 2 amide bonds. The first-order chi connectivity index (χ1) is 7.24. The standard InChI is InChI=1S/C10H14ClN3O/c11-9-4-2-1-3-8(9)7-14-10(15)13-6-5-12/h1-4H,5-7,12H2,(H2,13,14,15). The predicted octanol–water partition coefficient (Wildman–Crippen LogP) is 1.10. The molecule has 0 saturated heterocycles. The minimum Gasteiger partial charge on any atom is -0.337 e. The van der Waals surface area contributed by atoms with Crippen molar-refractivity contribution in [3.8, 4) is 0 Å². The average molecular weight is 228 g/mol. The largest absolute Gasteiger partial charge is 0.337 e. The molecular formula is C10H14ClN3O. The molecule has 4 N–H and O–H groups in total. The van der Waals surface area contributed by atoms with Crippen LogP contribution in [0.3, 0.4) is 0 Å². The summed E-state index contributed by atoms with van der Waals surface area (Å²) in [6, 6.07) is 7.14. The van der Waals surface area contributed by atoms with E-state index in [1.165, 1.54) is 0 Å². The van der Waals surface area contributed by atoms with Crippen LogP contribution in [-0.4, -0.2) is 19.1 Å². The third-order valence-corrected chi connectivity index (χ3v) is 2.20. The molecule has 1 aromatic carbocycles. The van der Waals surface area contributed by atoms with Crippen molar-refractivity contribution < 1.29 is 4.79 Å². The number of amides is 2. The number of hydrogen-bond acceptors (Lipinski definition) is 2. The highest BCUT2D eigenvalue weighted by Crippen LogP contribution is 2.13. The van der Waals surface area contributed by atoms with E-state index in [0.29, 0.717) is 24.7 Å². The molecule has 0 heterocycles. The second kappa shape index (κ2) is 6.27. The summed E-state index contributed by atoms with van der Waals surface area (Å²) in [5, 5.41) is 5.94. The summed E-state index contributed by atoms with van der Waals surface area (Å²) in [5.74, 6) is 0. The number of rotatable bonds is 4. The summed E-state index contributed by atoms with van der Waals surface area (Å²) in [4.78, 5) is 11.2. The Hall–Kier alpha value is -1.26. The molecule has 4 nitrogen and oxygen atoms in total. The number of halogens is 1. The molecular weight excluding hydrogens is 214 g/mol. The Morgan fingerprint density at radius 3 is 2.73 bits per heavy atom. The normalized spacial score (nSPS) is 9.73. The lowest BCUT2D eigenvalue weighted by molar-refractivity contribution is 0.241. The molecule has 0 bridgehead atoms. The SMILES string of the molecule is NCCNC(=O)NCc1ccccc1Cl. The van der Waals surface area contributed by atoms with Crippen LogP contribution in [0.4, 0.5) is 4.79 Å². The fourth-order valence-corrected chi connectivity index (χ4v) is 1.27. The van der Waals surface area contributed by atoms with Gasteiger partial charge in [-0.15, -0.1) is 0 Å². The first-order valence-electron chi connectivity index (χ1n) is 4.69. The van der Waals surface area contributed by atoms with Crippen molar-refractivity contribution in [2.45, 2.75) is 6.54 Å². The van der Waals surface area contributed by atoms with E-state index in [1.54, 1.807) is 6.07 Å². The molecule has 0 radical (unpaired) electrons. The first kappa shape index (κ1) is 11.8. The lowest BCUT2D eigenvalue weighted by atomic mass is 10.2. The number of nitrogens with two attached hydrogens (primary N) is 1. The Bertz CT molecular complexity index is 330. The molecule has 0 aliphatic carbocycles. The van der Waals surface area contributed by atoms with E-state index in [2.05, 4.69) is 10.6 Å². The Morgan fingerprint density at radius 2 is 2.07 bits per heavy atom. The van der Waals surface area contributed by atoms with Gasteiger partial charge in [-0.3, -0.25) is 0 Å². The first-order valence-corrected chi connectivity index (χ1v) is 5.07. The monoisotopic (exact) mass is 227 g/mol. The van der Waals surface area contributed by atoms with Crippen molar-refractivity contribution in [1.82, 2.24) is 10.6 Å². The van der Waals surface area contributed by atoms with Crippen LogP contribution in [0.5, 0.6) is 0 Å². The van der Waals surface area contributed by atoms with E-state index < -0.39 is 0 Å². The van der Waals surface area contributed by atoms with Gasteiger partial charge in [0, 0.05) is 24.7 Å². The van der Waals surface area contributed by atoms with Gasteiger partial charge in [0.2, 0.25) is 0 Å². The van der Waals surface area contributed by atoms with Gasteiger partial charge in [0.1, 0.15) is 0 Å².